The van der Waals surface area contributed by atoms with Gasteiger partial charge < -0.3 is 0 Å². The molecule has 0 unspecified atom stereocenters. The van der Waals surface area contributed by atoms with E-state index >= 15 is 0 Å². The predicted molar refractivity (Wildman–Crippen MR) is 65.8 cm³/mol. The van der Waals surface area contributed by atoms with Crippen molar-refractivity contribution in [2.45, 2.75) is 32.7 Å². The van der Waals surface area contributed by atoms with Crippen molar-refractivity contribution in [3.63, 3.8) is 0 Å². The number of hydrogen-bond donors (Lipinski definition) is 0. The standard InChI is InChI=1S/C14H19NO/c1-11-7-3-4-8-13(11)14(16)12(2)15-9-5-6-10-15/h3-4,7-8,12H,5-6,9-10H2,1-2H3/t12-/m0/s1. The highest BCUT2D eigenvalue weighted by Crippen LogP contribution is 2.17. The summed E-state index contributed by atoms with van der Waals surface area (Å²) < 4.78 is 0. The van der Waals surface area contributed by atoms with Crippen LogP contribution in [0.3, 0.4) is 0 Å². The van der Waals surface area contributed by atoms with Crippen LogP contribution in [0.2, 0.25) is 0 Å². The summed E-state index contributed by atoms with van der Waals surface area (Å²) in [5.41, 5.74) is 1.96. The molecule has 2 heteroatoms. The summed E-state index contributed by atoms with van der Waals surface area (Å²) in [5.74, 6) is 0.264. The van der Waals surface area contributed by atoms with E-state index in [-0.39, 0.29) is 11.8 Å². The second-order valence-electron chi connectivity index (χ2n) is 4.60. The summed E-state index contributed by atoms with van der Waals surface area (Å²) in [6.07, 6.45) is 2.46. The Labute approximate surface area is 97.3 Å². The molecule has 0 amide bonds. The van der Waals surface area contributed by atoms with E-state index in [4.69, 9.17) is 0 Å². The Balaban J connectivity index is 2.15. The molecule has 0 aromatic heterocycles. The number of ketones is 1. The van der Waals surface area contributed by atoms with Crippen molar-refractivity contribution in [1.29, 1.82) is 0 Å². The zero-order chi connectivity index (χ0) is 11.5. The smallest absolute Gasteiger partial charge is 0.179 e. The largest absolute Gasteiger partial charge is 0.294 e. The molecule has 0 saturated carbocycles. The van der Waals surface area contributed by atoms with Crippen LogP contribution in [0.5, 0.6) is 0 Å². The van der Waals surface area contributed by atoms with Crippen molar-refractivity contribution < 1.29 is 4.79 Å². The zero-order valence-electron chi connectivity index (χ0n) is 10.1. The number of carbonyl (C=O) groups is 1. The van der Waals surface area contributed by atoms with E-state index in [1.807, 2.05) is 38.1 Å². The average molecular weight is 217 g/mol. The molecule has 0 spiro atoms. The Bertz CT molecular complexity index is 380. The fourth-order valence-electron chi connectivity index (χ4n) is 2.37. The van der Waals surface area contributed by atoms with Gasteiger partial charge in [-0.05, 0) is 45.3 Å². The number of benzene rings is 1. The third kappa shape index (κ3) is 2.17. The minimum atomic E-state index is 0.0311. The molecule has 1 aliphatic rings. The monoisotopic (exact) mass is 217 g/mol. The Kier molecular flexibility index (Phi) is 3.39. The van der Waals surface area contributed by atoms with Gasteiger partial charge in [0.2, 0.25) is 0 Å². The van der Waals surface area contributed by atoms with Gasteiger partial charge in [0.1, 0.15) is 0 Å². The van der Waals surface area contributed by atoms with E-state index in [2.05, 4.69) is 4.90 Å². The Morgan fingerprint density at radius 1 is 1.25 bits per heavy atom. The lowest BCUT2D eigenvalue weighted by Gasteiger charge is -2.22. The van der Waals surface area contributed by atoms with Crippen molar-refractivity contribution in [2.24, 2.45) is 0 Å². The van der Waals surface area contributed by atoms with Gasteiger partial charge in [-0.2, -0.15) is 0 Å². The fourth-order valence-corrected chi connectivity index (χ4v) is 2.37. The molecule has 0 aliphatic carbocycles. The number of aryl methyl sites for hydroxylation is 1. The van der Waals surface area contributed by atoms with E-state index < -0.39 is 0 Å². The molecule has 0 N–H and O–H groups in total. The molecule has 1 heterocycles. The van der Waals surface area contributed by atoms with Crippen LogP contribution in [0.25, 0.3) is 0 Å². The Hall–Kier alpha value is -1.15. The van der Waals surface area contributed by atoms with Gasteiger partial charge in [-0.3, -0.25) is 9.69 Å². The summed E-state index contributed by atoms with van der Waals surface area (Å²) in [4.78, 5) is 14.6. The van der Waals surface area contributed by atoms with Gasteiger partial charge in [0.15, 0.2) is 5.78 Å². The molecule has 1 aliphatic heterocycles. The van der Waals surface area contributed by atoms with E-state index in [0.717, 1.165) is 24.2 Å². The maximum absolute atomic E-state index is 12.3. The molecule has 1 aromatic rings. The molecular formula is C14H19NO. The first-order valence-electron chi connectivity index (χ1n) is 6.04. The maximum Gasteiger partial charge on any atom is 0.179 e. The normalized spacial score (nSPS) is 18.6. The first kappa shape index (κ1) is 11.3. The number of likely N-dealkylation sites (tertiary alicyclic amines) is 1. The molecule has 2 rings (SSSR count). The predicted octanol–water partition coefficient (Wildman–Crippen LogP) is 2.66. The van der Waals surface area contributed by atoms with Gasteiger partial charge in [-0.25, -0.2) is 0 Å². The van der Waals surface area contributed by atoms with Crippen LogP contribution in [0, 0.1) is 6.92 Å². The van der Waals surface area contributed by atoms with E-state index in [1.54, 1.807) is 0 Å². The molecule has 2 nitrogen and oxygen atoms in total. The number of hydrogen-bond acceptors (Lipinski definition) is 2. The van der Waals surface area contributed by atoms with Crippen LogP contribution in [0.1, 0.15) is 35.7 Å². The Morgan fingerprint density at radius 2 is 1.88 bits per heavy atom. The SMILES string of the molecule is Cc1ccccc1C(=O)[C@H](C)N1CCCC1. The average Bonchev–Trinajstić information content (AvgIpc) is 2.81. The molecule has 1 fully saturated rings. The zero-order valence-corrected chi connectivity index (χ0v) is 10.1. The van der Waals surface area contributed by atoms with E-state index in [1.165, 1.54) is 12.8 Å². The molecule has 16 heavy (non-hydrogen) atoms. The molecule has 1 saturated heterocycles. The number of carbonyl (C=O) groups excluding carboxylic acids is 1. The van der Waals surface area contributed by atoms with Crippen LogP contribution < -0.4 is 0 Å². The summed E-state index contributed by atoms with van der Waals surface area (Å²) in [5, 5.41) is 0. The Morgan fingerprint density at radius 3 is 2.50 bits per heavy atom. The van der Waals surface area contributed by atoms with Gasteiger partial charge in [0.05, 0.1) is 6.04 Å². The summed E-state index contributed by atoms with van der Waals surface area (Å²) in [6.45, 7) is 6.17. The van der Waals surface area contributed by atoms with Crippen molar-refractivity contribution >= 4 is 5.78 Å². The third-order valence-electron chi connectivity index (χ3n) is 3.48. The second-order valence-corrected chi connectivity index (χ2v) is 4.60. The van der Waals surface area contributed by atoms with Crippen LogP contribution in [-0.2, 0) is 0 Å². The van der Waals surface area contributed by atoms with Gasteiger partial charge in [0, 0.05) is 5.56 Å². The quantitative estimate of drug-likeness (QED) is 0.725. The minimum absolute atomic E-state index is 0.0311. The first-order valence-corrected chi connectivity index (χ1v) is 6.04. The highest BCUT2D eigenvalue weighted by atomic mass is 16.1. The maximum atomic E-state index is 12.3. The van der Waals surface area contributed by atoms with Crippen LogP contribution in [0.15, 0.2) is 24.3 Å². The molecule has 0 bridgehead atoms. The lowest BCUT2D eigenvalue weighted by atomic mass is 10.00. The number of Topliss-reactive ketones (excluding diaryl/α,β-unsaturated/α-hetero) is 1. The van der Waals surface area contributed by atoms with Crippen LogP contribution >= 0.6 is 0 Å². The molecular weight excluding hydrogens is 198 g/mol. The first-order chi connectivity index (χ1) is 7.70. The second kappa shape index (κ2) is 4.79. The van der Waals surface area contributed by atoms with Crippen molar-refractivity contribution in [3.8, 4) is 0 Å². The topological polar surface area (TPSA) is 20.3 Å². The number of rotatable bonds is 3. The van der Waals surface area contributed by atoms with Crippen LogP contribution in [0.4, 0.5) is 0 Å². The van der Waals surface area contributed by atoms with E-state index in [9.17, 15) is 4.79 Å². The van der Waals surface area contributed by atoms with Crippen molar-refractivity contribution in [3.05, 3.63) is 35.4 Å². The van der Waals surface area contributed by atoms with Crippen molar-refractivity contribution in [1.82, 2.24) is 4.90 Å². The van der Waals surface area contributed by atoms with Crippen molar-refractivity contribution in [2.75, 3.05) is 13.1 Å². The molecule has 86 valence electrons. The van der Waals surface area contributed by atoms with Gasteiger partial charge >= 0.3 is 0 Å². The fraction of sp³-hybridized carbons (Fsp3) is 0.500. The van der Waals surface area contributed by atoms with Gasteiger partial charge in [0.25, 0.3) is 0 Å². The lowest BCUT2D eigenvalue weighted by molar-refractivity contribution is 0.0866. The summed E-state index contributed by atoms with van der Waals surface area (Å²) in [6, 6.07) is 7.89. The minimum Gasteiger partial charge on any atom is -0.294 e. The van der Waals surface area contributed by atoms with Gasteiger partial charge in [-0.1, -0.05) is 24.3 Å². The molecule has 0 radical (unpaired) electrons. The van der Waals surface area contributed by atoms with Gasteiger partial charge in [-0.15, -0.1) is 0 Å². The summed E-state index contributed by atoms with van der Waals surface area (Å²) >= 11 is 0. The third-order valence-corrected chi connectivity index (χ3v) is 3.48. The summed E-state index contributed by atoms with van der Waals surface area (Å²) in [7, 11) is 0. The molecule has 1 atom stereocenters. The highest BCUT2D eigenvalue weighted by Gasteiger charge is 2.25. The lowest BCUT2D eigenvalue weighted by Crippen LogP contribution is -2.37. The van der Waals surface area contributed by atoms with Crippen LogP contribution in [-0.4, -0.2) is 29.8 Å². The molecule has 1 aromatic carbocycles. The number of nitrogens with zero attached hydrogens (tertiary/aromatic N) is 1. The van der Waals surface area contributed by atoms with E-state index in [0.29, 0.717) is 0 Å². The highest BCUT2D eigenvalue weighted by molar-refractivity contribution is 6.01.